The summed E-state index contributed by atoms with van der Waals surface area (Å²) < 4.78 is 0. The van der Waals surface area contributed by atoms with E-state index in [1.807, 2.05) is 0 Å². The van der Waals surface area contributed by atoms with Gasteiger partial charge in [0.25, 0.3) is 0 Å². The fraction of sp³-hybridized carbons (Fsp3) is 0.850. The zero-order chi connectivity index (χ0) is 25.4. The molecule has 0 aromatic heterocycles. The fourth-order valence-electron chi connectivity index (χ4n) is 2.09. The molecule has 0 aliphatic heterocycles. The Hall–Kier alpha value is -1.67. The summed E-state index contributed by atoms with van der Waals surface area (Å²) in [7, 11) is 0. The first-order valence-corrected chi connectivity index (χ1v) is 10.5. The molecule has 0 amide bonds. The summed E-state index contributed by atoms with van der Waals surface area (Å²) in [6.45, 7) is -1.05. The van der Waals surface area contributed by atoms with Crippen molar-refractivity contribution >= 4 is 17.7 Å². The van der Waals surface area contributed by atoms with Crippen LogP contribution in [0, 0.1) is 0 Å². The average molecular weight is 473 g/mol. The van der Waals surface area contributed by atoms with Crippen LogP contribution in [-0.2, 0) is 14.4 Å². The number of carboxylic acid groups (broad SMARTS) is 2. The van der Waals surface area contributed by atoms with E-state index in [-0.39, 0.29) is 12.8 Å². The molecule has 0 unspecified atom stereocenters. The number of hydrogen-bond donors (Lipinski definition) is 9. The van der Waals surface area contributed by atoms with Gasteiger partial charge in [-0.05, 0) is 25.7 Å². The fourth-order valence-corrected chi connectivity index (χ4v) is 2.09. The van der Waals surface area contributed by atoms with Crippen molar-refractivity contribution in [1.82, 2.24) is 0 Å². The van der Waals surface area contributed by atoms with Crippen LogP contribution < -0.4 is 0 Å². The molecule has 3 atom stereocenters. The molecular formula is C20H40O12. The Labute approximate surface area is 187 Å². The van der Waals surface area contributed by atoms with Crippen LogP contribution in [0.3, 0.4) is 0 Å². The van der Waals surface area contributed by atoms with Crippen molar-refractivity contribution in [2.75, 3.05) is 26.4 Å². The number of aliphatic carboxylic acids is 2. The summed E-state index contributed by atoms with van der Waals surface area (Å²) in [6, 6.07) is 0. The minimum Gasteiger partial charge on any atom is -0.481 e. The van der Waals surface area contributed by atoms with Gasteiger partial charge in [-0.3, -0.25) is 14.4 Å². The number of aliphatic hydroxyl groups excluding tert-OH is 7. The summed E-state index contributed by atoms with van der Waals surface area (Å²) in [5.41, 5.74) is 0. The van der Waals surface area contributed by atoms with E-state index in [0.29, 0.717) is 26.1 Å². The molecule has 0 aliphatic carbocycles. The third-order valence-electron chi connectivity index (χ3n) is 3.99. The maximum Gasteiger partial charge on any atom is 0.303 e. The van der Waals surface area contributed by atoms with Crippen LogP contribution in [0.2, 0.25) is 0 Å². The second-order valence-electron chi connectivity index (χ2n) is 6.87. The van der Waals surface area contributed by atoms with Gasteiger partial charge in [0.05, 0.1) is 6.61 Å². The van der Waals surface area contributed by atoms with Crippen LogP contribution >= 0.6 is 0 Å². The van der Waals surface area contributed by atoms with Crippen LogP contribution in [-0.4, -0.2) is 108 Å². The van der Waals surface area contributed by atoms with E-state index in [1.165, 1.54) is 12.8 Å². The number of aliphatic hydroxyl groups is 7. The summed E-state index contributed by atoms with van der Waals surface area (Å²) in [6.07, 6.45) is 2.30. The lowest BCUT2D eigenvalue weighted by atomic mass is 10.1. The highest BCUT2D eigenvalue weighted by atomic mass is 16.4. The largest absolute Gasteiger partial charge is 0.481 e. The Balaban J connectivity index is -0.000000397. The highest BCUT2D eigenvalue weighted by Crippen LogP contribution is 2.04. The van der Waals surface area contributed by atoms with E-state index >= 15 is 0 Å². The van der Waals surface area contributed by atoms with Crippen LogP contribution in [0.1, 0.15) is 64.2 Å². The Kier molecular flexibility index (Phi) is 27.9. The maximum absolute atomic E-state index is 10.5. The minimum absolute atomic E-state index is 0.0628. The van der Waals surface area contributed by atoms with Crippen molar-refractivity contribution in [3.05, 3.63) is 0 Å². The number of carbonyl (C=O) groups is 3. The van der Waals surface area contributed by atoms with Gasteiger partial charge in [0.15, 0.2) is 5.78 Å². The third-order valence-corrected chi connectivity index (χ3v) is 3.99. The highest BCUT2D eigenvalue weighted by Gasteiger charge is 2.28. The van der Waals surface area contributed by atoms with Crippen LogP contribution in [0.5, 0.6) is 0 Å². The number of carboxylic acids is 2. The first-order chi connectivity index (χ1) is 15.1. The van der Waals surface area contributed by atoms with E-state index in [1.54, 1.807) is 0 Å². The molecule has 12 nitrogen and oxygen atoms in total. The van der Waals surface area contributed by atoms with Crippen molar-refractivity contribution in [3.8, 4) is 0 Å². The molecule has 0 aliphatic rings. The number of rotatable bonds is 17. The topological polar surface area (TPSA) is 233 Å². The summed E-state index contributed by atoms with van der Waals surface area (Å²) >= 11 is 0. The molecule has 0 saturated carbocycles. The lowest BCUT2D eigenvalue weighted by Crippen LogP contribution is -2.44. The van der Waals surface area contributed by atoms with Crippen molar-refractivity contribution in [2.24, 2.45) is 0 Å². The van der Waals surface area contributed by atoms with Crippen LogP contribution in [0.4, 0.5) is 0 Å². The summed E-state index contributed by atoms with van der Waals surface area (Å²) in [4.78, 5) is 30.3. The van der Waals surface area contributed by atoms with Crippen molar-refractivity contribution < 1.29 is 60.3 Å². The van der Waals surface area contributed by atoms with Gasteiger partial charge in [-0.2, -0.15) is 0 Å². The van der Waals surface area contributed by atoms with Gasteiger partial charge in [0.1, 0.15) is 24.9 Å². The number of hydrogen-bond acceptors (Lipinski definition) is 10. The molecule has 0 radical (unpaired) electrons. The number of Topliss-reactive ketones (excluding diaryl/α,β-unsaturated/α-hetero) is 1. The molecule has 0 bridgehead atoms. The molecule has 0 aromatic rings. The molecule has 0 saturated heterocycles. The molecular weight excluding hydrogens is 432 g/mol. The lowest BCUT2D eigenvalue weighted by Gasteiger charge is -2.19. The van der Waals surface area contributed by atoms with Crippen molar-refractivity contribution in [3.63, 3.8) is 0 Å². The average Bonchev–Trinajstić information content (AvgIpc) is 2.77. The van der Waals surface area contributed by atoms with E-state index < -0.39 is 49.2 Å². The monoisotopic (exact) mass is 472 g/mol. The van der Waals surface area contributed by atoms with Gasteiger partial charge in [-0.25, -0.2) is 0 Å². The minimum atomic E-state index is -1.86. The predicted molar refractivity (Wildman–Crippen MR) is 113 cm³/mol. The number of unbranched alkanes of at least 4 members (excludes halogenated alkanes) is 6. The molecule has 0 aromatic carbocycles. The third kappa shape index (κ3) is 26.4. The Morgan fingerprint density at radius 1 is 0.594 bits per heavy atom. The molecule has 0 rings (SSSR count). The standard InChI is InChI=1S/C8H18O2.C6H12O6.C6H10O4/c9-7-5-3-1-2-4-6-8-10;7-1-3(9)5(11)6(12)4(10)2-8;7-5(8)3-1-2-4-6(9)10/h9-10H,1-8H2;3,5-9,11-12H,1-2H2;1-4H2,(H,7,8)(H,9,10)/t;3-,5+,6+;/m.1./s1. The quantitative estimate of drug-likeness (QED) is 0.112. The molecule has 32 heavy (non-hydrogen) atoms. The summed E-state index contributed by atoms with van der Waals surface area (Å²) in [5, 5.41) is 76.2. The highest BCUT2D eigenvalue weighted by molar-refractivity contribution is 5.84. The normalized spacial score (nSPS) is 13.0. The van der Waals surface area contributed by atoms with E-state index in [9.17, 15) is 14.4 Å². The SMILES string of the molecule is O=C(CO)[C@H](O)[C@@H](O)[C@H](O)CO.O=C(O)CCCCC(=O)O.OCCCCCCCCO. The second-order valence-corrected chi connectivity index (χ2v) is 6.87. The van der Waals surface area contributed by atoms with E-state index in [4.69, 9.17) is 46.0 Å². The molecule has 0 fully saturated rings. The van der Waals surface area contributed by atoms with E-state index in [0.717, 1.165) is 25.7 Å². The first-order valence-electron chi connectivity index (χ1n) is 10.5. The Bertz CT molecular complexity index is 434. The molecule has 192 valence electrons. The number of carbonyl (C=O) groups excluding carboxylic acids is 1. The summed E-state index contributed by atoms with van der Waals surface area (Å²) in [5.74, 6) is -2.74. The second kappa shape index (κ2) is 25.6. The van der Waals surface area contributed by atoms with Gasteiger partial charge in [-0.15, -0.1) is 0 Å². The number of ketones is 1. The van der Waals surface area contributed by atoms with Gasteiger partial charge in [-0.1, -0.05) is 25.7 Å². The van der Waals surface area contributed by atoms with Gasteiger partial charge < -0.3 is 46.0 Å². The Morgan fingerprint density at radius 3 is 1.25 bits per heavy atom. The molecule has 0 heterocycles. The Morgan fingerprint density at radius 2 is 0.969 bits per heavy atom. The lowest BCUT2D eigenvalue weighted by molar-refractivity contribution is -0.142. The van der Waals surface area contributed by atoms with Crippen LogP contribution in [0.25, 0.3) is 0 Å². The van der Waals surface area contributed by atoms with Gasteiger partial charge >= 0.3 is 11.9 Å². The van der Waals surface area contributed by atoms with E-state index in [2.05, 4.69) is 0 Å². The van der Waals surface area contributed by atoms with Gasteiger partial charge in [0, 0.05) is 26.1 Å². The zero-order valence-electron chi connectivity index (χ0n) is 18.4. The first kappa shape index (κ1) is 34.9. The molecule has 12 heteroatoms. The van der Waals surface area contributed by atoms with Crippen LogP contribution in [0.15, 0.2) is 0 Å². The molecule has 0 spiro atoms. The smallest absolute Gasteiger partial charge is 0.303 e. The molecule has 9 N–H and O–H groups in total. The zero-order valence-corrected chi connectivity index (χ0v) is 18.4. The predicted octanol–water partition coefficient (Wildman–Crippen LogP) is -1.35. The maximum atomic E-state index is 10.5. The van der Waals surface area contributed by atoms with Crippen molar-refractivity contribution in [2.45, 2.75) is 82.5 Å². The van der Waals surface area contributed by atoms with Gasteiger partial charge in [0.2, 0.25) is 0 Å². The van der Waals surface area contributed by atoms with Crippen molar-refractivity contribution in [1.29, 1.82) is 0 Å².